The van der Waals surface area contributed by atoms with E-state index in [2.05, 4.69) is 0 Å². The molecule has 1 aliphatic heterocycles. The molecule has 0 saturated heterocycles. The van der Waals surface area contributed by atoms with Crippen LogP contribution in [-0.4, -0.2) is 18.3 Å². The number of ether oxygens (including phenoxy) is 2. The Morgan fingerprint density at radius 1 is 1.44 bits per heavy atom. The molecule has 0 bridgehead atoms. The first kappa shape index (κ1) is 11.2. The molecule has 0 aliphatic carbocycles. The van der Waals surface area contributed by atoms with Crippen molar-refractivity contribution in [2.75, 3.05) is 7.11 Å². The topological polar surface area (TPSA) is 68.9 Å². The Bertz CT molecular complexity index is 450. The van der Waals surface area contributed by atoms with Gasteiger partial charge in [-0.1, -0.05) is 6.92 Å². The zero-order chi connectivity index (χ0) is 11.9. The molecular formula is C11H14O5. The van der Waals surface area contributed by atoms with Crippen LogP contribution in [0, 0.1) is 0 Å². The van der Waals surface area contributed by atoms with Gasteiger partial charge in [-0.25, -0.2) is 4.79 Å². The van der Waals surface area contributed by atoms with Crippen molar-refractivity contribution in [1.82, 2.24) is 0 Å². The van der Waals surface area contributed by atoms with E-state index in [1.165, 1.54) is 13.2 Å². The maximum Gasteiger partial charge on any atom is 0.339 e. The van der Waals surface area contributed by atoms with Crippen molar-refractivity contribution >= 4 is 0 Å². The van der Waals surface area contributed by atoms with Crippen molar-refractivity contribution in [2.24, 2.45) is 0 Å². The van der Waals surface area contributed by atoms with E-state index in [1.807, 2.05) is 13.8 Å². The lowest BCUT2D eigenvalue weighted by atomic mass is 9.95. The summed E-state index contributed by atoms with van der Waals surface area (Å²) >= 11 is 0. The Kier molecular flexibility index (Phi) is 2.73. The number of aliphatic hydroxyl groups excluding tert-OH is 1. The Labute approximate surface area is 92.6 Å². The van der Waals surface area contributed by atoms with Crippen molar-refractivity contribution in [3.05, 3.63) is 27.8 Å². The number of rotatable bonds is 1. The van der Waals surface area contributed by atoms with Crippen LogP contribution in [0.5, 0.6) is 5.75 Å². The summed E-state index contributed by atoms with van der Waals surface area (Å²) in [4.78, 5) is 11.3. The maximum atomic E-state index is 11.3. The van der Waals surface area contributed by atoms with Gasteiger partial charge in [-0.2, -0.15) is 0 Å². The highest BCUT2D eigenvalue weighted by Gasteiger charge is 2.34. The minimum Gasteiger partial charge on any atom is -0.496 e. The molecule has 0 spiro atoms. The third kappa shape index (κ3) is 1.62. The van der Waals surface area contributed by atoms with Crippen molar-refractivity contribution in [2.45, 2.75) is 32.2 Å². The van der Waals surface area contributed by atoms with Crippen LogP contribution in [0.3, 0.4) is 0 Å². The highest BCUT2D eigenvalue weighted by molar-refractivity contribution is 5.38. The van der Waals surface area contributed by atoms with Crippen LogP contribution >= 0.6 is 0 Å². The van der Waals surface area contributed by atoms with Crippen molar-refractivity contribution in [3.8, 4) is 5.75 Å². The summed E-state index contributed by atoms with van der Waals surface area (Å²) in [7, 11) is 1.43. The summed E-state index contributed by atoms with van der Waals surface area (Å²) < 4.78 is 15.5. The Hall–Kier alpha value is -1.33. The second kappa shape index (κ2) is 3.92. The van der Waals surface area contributed by atoms with Crippen molar-refractivity contribution in [1.29, 1.82) is 0 Å². The fourth-order valence-electron chi connectivity index (χ4n) is 1.85. The largest absolute Gasteiger partial charge is 0.496 e. The summed E-state index contributed by atoms with van der Waals surface area (Å²) in [6.45, 7) is 3.69. The van der Waals surface area contributed by atoms with Gasteiger partial charge < -0.3 is 19.0 Å². The molecule has 0 radical (unpaired) electrons. The van der Waals surface area contributed by atoms with Gasteiger partial charge >= 0.3 is 5.63 Å². The normalized spacial score (nSPS) is 28.6. The van der Waals surface area contributed by atoms with Gasteiger partial charge in [0.2, 0.25) is 0 Å². The van der Waals surface area contributed by atoms with Crippen LogP contribution in [0.1, 0.15) is 37.4 Å². The lowest BCUT2D eigenvalue weighted by molar-refractivity contribution is -0.155. The van der Waals surface area contributed by atoms with Gasteiger partial charge in [0.1, 0.15) is 11.5 Å². The third-order valence-corrected chi connectivity index (χ3v) is 2.92. The zero-order valence-electron chi connectivity index (χ0n) is 9.39. The van der Waals surface area contributed by atoms with Gasteiger partial charge in [-0.3, -0.25) is 0 Å². The molecule has 88 valence electrons. The number of hydrogen-bond donors (Lipinski definition) is 1. The zero-order valence-corrected chi connectivity index (χ0v) is 9.39. The van der Waals surface area contributed by atoms with Gasteiger partial charge in [0, 0.05) is 5.92 Å². The van der Waals surface area contributed by atoms with E-state index in [9.17, 15) is 9.90 Å². The van der Waals surface area contributed by atoms with E-state index in [4.69, 9.17) is 13.9 Å². The molecule has 1 aliphatic rings. The lowest BCUT2D eigenvalue weighted by Gasteiger charge is -2.31. The van der Waals surface area contributed by atoms with Crippen LogP contribution in [0.25, 0.3) is 0 Å². The molecule has 5 heteroatoms. The van der Waals surface area contributed by atoms with Gasteiger partial charge in [-0.15, -0.1) is 0 Å². The minimum absolute atomic E-state index is 0.0961. The predicted octanol–water partition coefficient (Wildman–Crippen LogP) is 1.16. The van der Waals surface area contributed by atoms with Crippen LogP contribution < -0.4 is 10.4 Å². The summed E-state index contributed by atoms with van der Waals surface area (Å²) in [6, 6.07) is 1.20. The molecule has 3 atom stereocenters. The van der Waals surface area contributed by atoms with E-state index in [-0.39, 0.29) is 12.0 Å². The number of aliphatic hydroxyl groups is 1. The summed E-state index contributed by atoms with van der Waals surface area (Å²) in [5.41, 5.74) is -0.0727. The molecule has 0 saturated carbocycles. The second-order valence-electron chi connectivity index (χ2n) is 3.89. The van der Waals surface area contributed by atoms with E-state index < -0.39 is 11.9 Å². The first-order valence-corrected chi connectivity index (χ1v) is 5.10. The second-order valence-corrected chi connectivity index (χ2v) is 3.89. The lowest BCUT2D eigenvalue weighted by Crippen LogP contribution is -2.28. The molecule has 1 aromatic rings. The average Bonchev–Trinajstić information content (AvgIpc) is 2.24. The molecule has 2 heterocycles. The summed E-state index contributed by atoms with van der Waals surface area (Å²) in [5, 5.41) is 9.79. The van der Waals surface area contributed by atoms with Crippen LogP contribution in [0.15, 0.2) is 15.3 Å². The summed E-state index contributed by atoms with van der Waals surface area (Å²) in [5.74, 6) is 0.648. The number of fused-ring (bicyclic) bond motifs is 1. The van der Waals surface area contributed by atoms with Crippen LogP contribution in [0.2, 0.25) is 0 Å². The Balaban J connectivity index is 2.65. The Morgan fingerprint density at radius 2 is 2.12 bits per heavy atom. The maximum absolute atomic E-state index is 11.3. The molecule has 16 heavy (non-hydrogen) atoms. The molecular weight excluding hydrogens is 212 g/mol. The smallest absolute Gasteiger partial charge is 0.339 e. The quantitative estimate of drug-likeness (QED) is 0.778. The molecule has 0 aromatic carbocycles. The number of hydrogen-bond acceptors (Lipinski definition) is 5. The standard InChI is InChI=1S/C11H14O5/c1-5-6(2)15-11(13)9-7(14-3)4-8(12)16-10(5)9/h4-6,11,13H,1-3H3/t5-,6+,11-/m1/s1. The molecule has 0 amide bonds. The third-order valence-electron chi connectivity index (χ3n) is 2.92. The molecule has 1 aromatic heterocycles. The molecule has 1 N–H and O–H groups in total. The number of methoxy groups -OCH3 is 1. The highest BCUT2D eigenvalue weighted by Crippen LogP contribution is 2.39. The SMILES string of the molecule is COc1cc(=O)oc2c1[C@H](O)O[C@@H](C)[C@H]2C. The Morgan fingerprint density at radius 3 is 2.75 bits per heavy atom. The fraction of sp³-hybridized carbons (Fsp3) is 0.545. The van der Waals surface area contributed by atoms with Gasteiger partial charge in [-0.05, 0) is 6.92 Å². The van der Waals surface area contributed by atoms with E-state index in [0.29, 0.717) is 17.1 Å². The van der Waals surface area contributed by atoms with Gasteiger partial charge in [0.05, 0.1) is 24.8 Å². The van der Waals surface area contributed by atoms with Gasteiger partial charge in [0.15, 0.2) is 6.29 Å². The molecule has 0 fully saturated rings. The van der Waals surface area contributed by atoms with E-state index in [1.54, 1.807) is 0 Å². The average molecular weight is 226 g/mol. The molecule has 0 unspecified atom stereocenters. The summed E-state index contributed by atoms with van der Waals surface area (Å²) in [6.07, 6.45) is -1.32. The fourth-order valence-corrected chi connectivity index (χ4v) is 1.85. The monoisotopic (exact) mass is 226 g/mol. The van der Waals surface area contributed by atoms with Gasteiger partial charge in [0.25, 0.3) is 0 Å². The van der Waals surface area contributed by atoms with Crippen LogP contribution in [0.4, 0.5) is 0 Å². The van der Waals surface area contributed by atoms with E-state index in [0.717, 1.165) is 0 Å². The highest BCUT2D eigenvalue weighted by atomic mass is 16.6. The molecule has 5 nitrogen and oxygen atoms in total. The van der Waals surface area contributed by atoms with Crippen LogP contribution in [-0.2, 0) is 4.74 Å². The molecule has 2 rings (SSSR count). The van der Waals surface area contributed by atoms with Crippen molar-refractivity contribution < 1.29 is 19.0 Å². The van der Waals surface area contributed by atoms with E-state index >= 15 is 0 Å². The first-order chi connectivity index (χ1) is 7.54. The first-order valence-electron chi connectivity index (χ1n) is 5.10. The minimum atomic E-state index is -1.11. The van der Waals surface area contributed by atoms with Crippen molar-refractivity contribution in [3.63, 3.8) is 0 Å². The predicted molar refractivity (Wildman–Crippen MR) is 55.5 cm³/mol.